The number of aryl methyl sites for hydroxylation is 3. The van der Waals surface area contributed by atoms with Gasteiger partial charge in [-0.25, -0.2) is 0 Å². The van der Waals surface area contributed by atoms with E-state index in [1.165, 1.54) is 5.69 Å². The molecule has 2 aromatic rings. The van der Waals surface area contributed by atoms with Crippen LogP contribution in [0.25, 0.3) is 0 Å². The third kappa shape index (κ3) is 3.03. The highest BCUT2D eigenvalue weighted by atomic mass is 16.2. The van der Waals surface area contributed by atoms with Crippen LogP contribution in [0.15, 0.2) is 18.3 Å². The van der Waals surface area contributed by atoms with Gasteiger partial charge in [0.1, 0.15) is 0 Å². The van der Waals surface area contributed by atoms with Gasteiger partial charge in [-0.3, -0.25) is 14.4 Å². The van der Waals surface area contributed by atoms with E-state index in [1.807, 2.05) is 20.9 Å². The summed E-state index contributed by atoms with van der Waals surface area (Å²) in [7, 11) is 3.96. The standard InChI is InChI=1S/C17H25N5O/c1-12-17(13(2)21(4)19-12)18-16(23)11-22-10-6-8-15(22)14-7-5-9-20(14)3/h5,7,9,15H,6,8,10-11H2,1-4H3,(H,18,23)/t15-/m1/s1. The highest BCUT2D eigenvalue weighted by Crippen LogP contribution is 2.31. The monoisotopic (exact) mass is 315 g/mol. The maximum atomic E-state index is 12.5. The van der Waals surface area contributed by atoms with E-state index in [-0.39, 0.29) is 5.91 Å². The summed E-state index contributed by atoms with van der Waals surface area (Å²) in [4.78, 5) is 14.8. The van der Waals surface area contributed by atoms with Crippen LogP contribution in [0.5, 0.6) is 0 Å². The van der Waals surface area contributed by atoms with Crippen LogP contribution in [0.4, 0.5) is 5.69 Å². The summed E-state index contributed by atoms with van der Waals surface area (Å²) in [5.74, 6) is 0.0327. The van der Waals surface area contributed by atoms with Crippen LogP contribution in [0.1, 0.15) is 36.0 Å². The van der Waals surface area contributed by atoms with E-state index in [9.17, 15) is 4.79 Å². The first-order chi connectivity index (χ1) is 11.0. The van der Waals surface area contributed by atoms with Gasteiger partial charge in [0, 0.05) is 26.0 Å². The summed E-state index contributed by atoms with van der Waals surface area (Å²) in [6.45, 7) is 5.28. The second-order valence-electron chi connectivity index (χ2n) is 6.39. The molecule has 2 aromatic heterocycles. The van der Waals surface area contributed by atoms with Crippen LogP contribution in [-0.2, 0) is 18.9 Å². The Morgan fingerprint density at radius 1 is 1.39 bits per heavy atom. The quantitative estimate of drug-likeness (QED) is 0.940. The van der Waals surface area contributed by atoms with Gasteiger partial charge in [-0.05, 0) is 45.4 Å². The van der Waals surface area contributed by atoms with Crippen LogP contribution >= 0.6 is 0 Å². The molecular formula is C17H25N5O. The zero-order valence-corrected chi connectivity index (χ0v) is 14.3. The Morgan fingerprint density at radius 2 is 2.17 bits per heavy atom. The molecule has 0 radical (unpaired) electrons. The Labute approximate surface area is 137 Å². The molecule has 0 saturated carbocycles. The molecule has 23 heavy (non-hydrogen) atoms. The van der Waals surface area contributed by atoms with Crippen molar-refractivity contribution in [2.75, 3.05) is 18.4 Å². The number of aromatic nitrogens is 3. The summed E-state index contributed by atoms with van der Waals surface area (Å²) in [5.41, 5.74) is 3.96. The molecule has 0 spiro atoms. The topological polar surface area (TPSA) is 55.1 Å². The molecule has 1 atom stereocenters. The Kier molecular flexibility index (Phi) is 4.26. The van der Waals surface area contributed by atoms with Gasteiger partial charge < -0.3 is 9.88 Å². The maximum absolute atomic E-state index is 12.5. The van der Waals surface area contributed by atoms with E-state index in [0.29, 0.717) is 12.6 Å². The molecule has 1 N–H and O–H groups in total. The lowest BCUT2D eigenvalue weighted by molar-refractivity contribution is -0.117. The van der Waals surface area contributed by atoms with Gasteiger partial charge in [0.2, 0.25) is 5.91 Å². The molecule has 0 unspecified atom stereocenters. The number of nitrogens with one attached hydrogen (secondary N) is 1. The third-order valence-electron chi connectivity index (χ3n) is 4.81. The van der Waals surface area contributed by atoms with Gasteiger partial charge in [-0.2, -0.15) is 5.10 Å². The van der Waals surface area contributed by atoms with E-state index >= 15 is 0 Å². The van der Waals surface area contributed by atoms with Crippen molar-refractivity contribution < 1.29 is 4.79 Å². The first-order valence-corrected chi connectivity index (χ1v) is 8.12. The van der Waals surface area contributed by atoms with E-state index < -0.39 is 0 Å². The van der Waals surface area contributed by atoms with Crippen molar-refractivity contribution in [3.63, 3.8) is 0 Å². The van der Waals surface area contributed by atoms with Gasteiger partial charge in [0.05, 0.1) is 29.7 Å². The van der Waals surface area contributed by atoms with Gasteiger partial charge in [0.15, 0.2) is 0 Å². The van der Waals surface area contributed by atoms with Crippen molar-refractivity contribution in [1.29, 1.82) is 0 Å². The zero-order chi connectivity index (χ0) is 16.6. The molecule has 0 aromatic carbocycles. The Bertz CT molecular complexity index is 715. The van der Waals surface area contributed by atoms with Crippen molar-refractivity contribution in [2.24, 2.45) is 14.1 Å². The number of amides is 1. The number of anilines is 1. The number of hydrogen-bond donors (Lipinski definition) is 1. The van der Waals surface area contributed by atoms with Gasteiger partial charge in [0.25, 0.3) is 0 Å². The molecule has 1 saturated heterocycles. The molecular weight excluding hydrogens is 290 g/mol. The van der Waals surface area contributed by atoms with E-state index in [2.05, 4.69) is 45.3 Å². The maximum Gasteiger partial charge on any atom is 0.238 e. The van der Waals surface area contributed by atoms with Crippen molar-refractivity contribution in [1.82, 2.24) is 19.2 Å². The van der Waals surface area contributed by atoms with E-state index in [4.69, 9.17) is 0 Å². The molecule has 0 bridgehead atoms. The first-order valence-electron chi connectivity index (χ1n) is 8.12. The van der Waals surface area contributed by atoms with Gasteiger partial charge in [-0.1, -0.05) is 0 Å². The average Bonchev–Trinajstić information content (AvgIpc) is 3.16. The first kappa shape index (κ1) is 15.8. The summed E-state index contributed by atoms with van der Waals surface area (Å²) >= 11 is 0. The van der Waals surface area contributed by atoms with Gasteiger partial charge in [-0.15, -0.1) is 0 Å². The number of hydrogen-bond acceptors (Lipinski definition) is 3. The van der Waals surface area contributed by atoms with Crippen molar-refractivity contribution in [3.8, 4) is 0 Å². The summed E-state index contributed by atoms with van der Waals surface area (Å²) in [6, 6.07) is 4.54. The molecule has 1 aliphatic rings. The molecule has 6 heteroatoms. The molecule has 3 rings (SSSR count). The molecule has 1 amide bonds. The predicted octanol–water partition coefficient (Wildman–Crippen LogP) is 2.15. The highest BCUT2D eigenvalue weighted by molar-refractivity contribution is 5.93. The number of nitrogens with zero attached hydrogens (tertiary/aromatic N) is 4. The SMILES string of the molecule is Cc1nn(C)c(C)c1NC(=O)CN1CCC[C@@H]1c1cccn1C. The summed E-state index contributed by atoms with van der Waals surface area (Å²) < 4.78 is 3.95. The highest BCUT2D eigenvalue weighted by Gasteiger charge is 2.29. The number of carbonyl (C=O) groups excluding carboxylic acids is 1. The Hall–Kier alpha value is -2.08. The van der Waals surface area contributed by atoms with Crippen LogP contribution in [0.2, 0.25) is 0 Å². The lowest BCUT2D eigenvalue weighted by Crippen LogP contribution is -2.33. The average molecular weight is 315 g/mol. The smallest absolute Gasteiger partial charge is 0.238 e. The minimum atomic E-state index is 0.0327. The molecule has 1 fully saturated rings. The molecule has 0 aliphatic carbocycles. The number of carbonyl (C=O) groups is 1. The van der Waals surface area contributed by atoms with Gasteiger partial charge >= 0.3 is 0 Å². The molecule has 6 nitrogen and oxygen atoms in total. The molecule has 3 heterocycles. The van der Waals surface area contributed by atoms with E-state index in [0.717, 1.165) is 36.5 Å². The van der Waals surface area contributed by atoms with Crippen molar-refractivity contribution in [2.45, 2.75) is 32.7 Å². The second-order valence-corrected chi connectivity index (χ2v) is 6.39. The molecule has 1 aliphatic heterocycles. The number of likely N-dealkylation sites (tertiary alicyclic amines) is 1. The fourth-order valence-corrected chi connectivity index (χ4v) is 3.49. The summed E-state index contributed by atoms with van der Waals surface area (Å²) in [6.07, 6.45) is 4.30. The zero-order valence-electron chi connectivity index (χ0n) is 14.3. The predicted molar refractivity (Wildman–Crippen MR) is 90.3 cm³/mol. The minimum Gasteiger partial charge on any atom is -0.353 e. The van der Waals surface area contributed by atoms with Crippen LogP contribution in [0, 0.1) is 13.8 Å². The minimum absolute atomic E-state index is 0.0327. The van der Waals surface area contributed by atoms with Crippen molar-refractivity contribution >= 4 is 11.6 Å². The van der Waals surface area contributed by atoms with Crippen LogP contribution in [-0.4, -0.2) is 38.2 Å². The lowest BCUT2D eigenvalue weighted by atomic mass is 10.1. The number of rotatable bonds is 4. The molecule has 124 valence electrons. The third-order valence-corrected chi connectivity index (χ3v) is 4.81. The Morgan fingerprint density at radius 3 is 2.78 bits per heavy atom. The summed E-state index contributed by atoms with van der Waals surface area (Å²) in [5, 5.41) is 7.38. The largest absolute Gasteiger partial charge is 0.353 e. The van der Waals surface area contributed by atoms with Crippen LogP contribution in [0.3, 0.4) is 0 Å². The fraction of sp³-hybridized carbons (Fsp3) is 0.529. The van der Waals surface area contributed by atoms with E-state index in [1.54, 1.807) is 4.68 Å². The normalized spacial score (nSPS) is 18.5. The van der Waals surface area contributed by atoms with Crippen LogP contribution < -0.4 is 5.32 Å². The second kappa shape index (κ2) is 6.20. The fourth-order valence-electron chi connectivity index (χ4n) is 3.49. The Balaban J connectivity index is 1.69. The lowest BCUT2D eigenvalue weighted by Gasteiger charge is -2.24. The van der Waals surface area contributed by atoms with Crippen molar-refractivity contribution in [3.05, 3.63) is 35.4 Å².